The zero-order chi connectivity index (χ0) is 33.5. The molecule has 0 amide bonds. The molecule has 0 nitrogen and oxygen atoms in total. The summed E-state index contributed by atoms with van der Waals surface area (Å²) in [6.07, 6.45) is 0. The molecule has 0 heterocycles. The van der Waals surface area contributed by atoms with Crippen LogP contribution in [0.4, 0.5) is 0 Å². The van der Waals surface area contributed by atoms with E-state index in [4.69, 9.17) is 0 Å². The van der Waals surface area contributed by atoms with Gasteiger partial charge in [-0.15, -0.1) is 0 Å². The summed E-state index contributed by atoms with van der Waals surface area (Å²) in [5.74, 6) is 0.520. The van der Waals surface area contributed by atoms with Crippen LogP contribution < -0.4 is 0 Å². The molecule has 0 aliphatic heterocycles. The maximum atomic E-state index is 2.57. The van der Waals surface area contributed by atoms with Crippen molar-refractivity contribution >= 4 is 0 Å². The highest BCUT2D eigenvalue weighted by Gasteiger charge is 2.43. The zero-order valence-corrected chi connectivity index (χ0v) is 29.0. The van der Waals surface area contributed by atoms with Crippen LogP contribution in [0.1, 0.15) is 95.2 Å². The van der Waals surface area contributed by atoms with Crippen molar-refractivity contribution in [2.24, 2.45) is 0 Å². The predicted octanol–water partition coefficient (Wildman–Crippen LogP) is 12.6. The van der Waals surface area contributed by atoms with Crippen molar-refractivity contribution in [3.63, 3.8) is 0 Å². The second-order valence-corrected chi connectivity index (χ2v) is 16.0. The standard InChI is InChI=1S/C50H38/c1-49(2)43-25-29(47-37-17-9-5-13-31(37)32-14-6-10-18-38(32)47)21-23-35(43)41-27-42-36-24-22-30(26-44(36)50(3,4)46(42)28-45(41)49)48-39-19-11-7-15-33(39)34-16-8-12-20-40(34)48/h5-28,47-48H,1-4H3. The minimum atomic E-state index is -0.0966. The molecule has 0 radical (unpaired) electrons. The van der Waals surface area contributed by atoms with Gasteiger partial charge in [0.2, 0.25) is 0 Å². The number of hydrogen-bond acceptors (Lipinski definition) is 0. The SMILES string of the molecule is CC1(C)c2cc(C3c4ccccc4-c4ccccc43)ccc2-c2cc3c(cc21)C(C)(C)c1cc(C2c4ccccc4-c4ccccc42)ccc1-3. The summed E-state index contributed by atoms with van der Waals surface area (Å²) in [7, 11) is 0. The van der Waals surface area contributed by atoms with Gasteiger partial charge in [-0.2, -0.15) is 0 Å². The van der Waals surface area contributed by atoms with Crippen LogP contribution >= 0.6 is 0 Å². The number of hydrogen-bond donors (Lipinski definition) is 0. The van der Waals surface area contributed by atoms with Crippen LogP contribution in [0.3, 0.4) is 0 Å². The van der Waals surface area contributed by atoms with Crippen molar-refractivity contribution in [2.75, 3.05) is 0 Å². The Bertz CT molecular complexity index is 2340. The average molecular weight is 639 g/mol. The van der Waals surface area contributed by atoms with Gasteiger partial charge in [0.05, 0.1) is 0 Å². The third kappa shape index (κ3) is 3.51. The minimum absolute atomic E-state index is 0.0966. The lowest BCUT2D eigenvalue weighted by molar-refractivity contribution is 0.638. The summed E-state index contributed by atoms with van der Waals surface area (Å²) in [4.78, 5) is 0. The van der Waals surface area contributed by atoms with Crippen molar-refractivity contribution in [1.82, 2.24) is 0 Å². The molecule has 0 unspecified atom stereocenters. The number of rotatable bonds is 2. The average Bonchev–Trinajstić information content (AvgIpc) is 3.80. The second kappa shape index (κ2) is 9.61. The molecule has 0 aromatic heterocycles. The lowest BCUT2D eigenvalue weighted by Gasteiger charge is -2.27. The minimum Gasteiger partial charge on any atom is -0.0619 e. The summed E-state index contributed by atoms with van der Waals surface area (Å²) >= 11 is 0. The van der Waals surface area contributed by atoms with Gasteiger partial charge in [-0.05, 0) is 106 Å². The summed E-state index contributed by atoms with van der Waals surface area (Å²) in [6, 6.07) is 55.8. The Morgan fingerprint density at radius 1 is 0.300 bits per heavy atom. The molecule has 0 bridgehead atoms. The van der Waals surface area contributed by atoms with Gasteiger partial charge in [0, 0.05) is 22.7 Å². The highest BCUT2D eigenvalue weighted by atomic mass is 14.5. The van der Waals surface area contributed by atoms with E-state index in [1.165, 1.54) is 100 Å². The Labute approximate surface area is 295 Å². The summed E-state index contributed by atoms with van der Waals surface area (Å²) in [6.45, 7) is 9.75. The van der Waals surface area contributed by atoms with E-state index in [9.17, 15) is 0 Å². The first-order chi connectivity index (χ1) is 24.3. The smallest absolute Gasteiger partial charge is 0.0352 e. The van der Waals surface area contributed by atoms with Crippen molar-refractivity contribution < 1.29 is 0 Å². The lowest BCUT2D eigenvalue weighted by Crippen LogP contribution is -2.19. The van der Waals surface area contributed by atoms with Gasteiger partial charge in [-0.3, -0.25) is 0 Å². The molecule has 0 saturated carbocycles. The Kier molecular flexibility index (Phi) is 5.46. The molecule has 0 atom stereocenters. The first kappa shape index (κ1) is 28.4. The molecule has 11 rings (SSSR count). The molecule has 0 spiro atoms. The van der Waals surface area contributed by atoms with Crippen LogP contribution in [0.15, 0.2) is 146 Å². The fourth-order valence-electron chi connectivity index (χ4n) is 10.4. The van der Waals surface area contributed by atoms with Crippen LogP contribution in [0.5, 0.6) is 0 Å². The Hall–Kier alpha value is -5.46. The Morgan fingerprint density at radius 2 is 0.620 bits per heavy atom. The van der Waals surface area contributed by atoms with Crippen LogP contribution in [0.25, 0.3) is 44.5 Å². The van der Waals surface area contributed by atoms with Crippen molar-refractivity contribution in [2.45, 2.75) is 50.4 Å². The van der Waals surface area contributed by atoms with Crippen molar-refractivity contribution in [1.29, 1.82) is 0 Å². The maximum absolute atomic E-state index is 2.57. The molecule has 0 N–H and O–H groups in total. The van der Waals surface area contributed by atoms with Gasteiger partial charge in [-0.1, -0.05) is 167 Å². The van der Waals surface area contributed by atoms with Gasteiger partial charge in [0.15, 0.2) is 0 Å². The quantitative estimate of drug-likeness (QED) is 0.177. The molecule has 0 saturated heterocycles. The molecule has 238 valence electrons. The van der Waals surface area contributed by atoms with Gasteiger partial charge >= 0.3 is 0 Å². The second-order valence-electron chi connectivity index (χ2n) is 16.0. The van der Waals surface area contributed by atoms with E-state index in [0.29, 0.717) is 0 Å². The van der Waals surface area contributed by atoms with Crippen LogP contribution in [0, 0.1) is 0 Å². The van der Waals surface area contributed by atoms with Gasteiger partial charge in [0.25, 0.3) is 0 Å². The van der Waals surface area contributed by atoms with E-state index >= 15 is 0 Å². The Balaban J connectivity index is 1.03. The molecule has 7 aromatic rings. The number of fused-ring (bicyclic) bond motifs is 12. The molecule has 7 aromatic carbocycles. The highest BCUT2D eigenvalue weighted by molar-refractivity contribution is 5.91. The fraction of sp³-hybridized carbons (Fsp3) is 0.160. The molecular weight excluding hydrogens is 601 g/mol. The first-order valence-electron chi connectivity index (χ1n) is 18.2. The molecule has 4 aliphatic rings. The van der Waals surface area contributed by atoms with Crippen LogP contribution in [0.2, 0.25) is 0 Å². The van der Waals surface area contributed by atoms with Gasteiger partial charge in [-0.25, -0.2) is 0 Å². The zero-order valence-electron chi connectivity index (χ0n) is 29.0. The van der Waals surface area contributed by atoms with E-state index in [1.54, 1.807) is 0 Å². The van der Waals surface area contributed by atoms with Gasteiger partial charge in [0.1, 0.15) is 0 Å². The summed E-state index contributed by atoms with van der Waals surface area (Å²) < 4.78 is 0. The summed E-state index contributed by atoms with van der Waals surface area (Å²) in [5, 5.41) is 0. The first-order valence-corrected chi connectivity index (χ1v) is 18.2. The highest BCUT2D eigenvalue weighted by Crippen LogP contribution is 2.58. The van der Waals surface area contributed by atoms with E-state index in [2.05, 4.69) is 173 Å². The van der Waals surface area contributed by atoms with Crippen LogP contribution in [-0.4, -0.2) is 0 Å². The topological polar surface area (TPSA) is 0 Å². The summed E-state index contributed by atoms with van der Waals surface area (Å²) in [5.41, 5.74) is 25.1. The molecule has 4 aliphatic carbocycles. The van der Waals surface area contributed by atoms with Crippen molar-refractivity contribution in [3.8, 4) is 44.5 Å². The lowest BCUT2D eigenvalue weighted by atomic mass is 9.76. The van der Waals surface area contributed by atoms with Crippen molar-refractivity contribution in [3.05, 3.63) is 201 Å². The van der Waals surface area contributed by atoms with Gasteiger partial charge < -0.3 is 0 Å². The van der Waals surface area contributed by atoms with E-state index in [-0.39, 0.29) is 22.7 Å². The predicted molar refractivity (Wildman–Crippen MR) is 207 cm³/mol. The van der Waals surface area contributed by atoms with E-state index < -0.39 is 0 Å². The van der Waals surface area contributed by atoms with Crippen LogP contribution in [-0.2, 0) is 10.8 Å². The third-order valence-electron chi connectivity index (χ3n) is 12.9. The molecular formula is C50H38. The largest absolute Gasteiger partial charge is 0.0619 e. The molecule has 0 heteroatoms. The number of benzene rings is 7. The van der Waals surface area contributed by atoms with E-state index in [1.807, 2.05) is 0 Å². The Morgan fingerprint density at radius 3 is 0.980 bits per heavy atom. The molecule has 50 heavy (non-hydrogen) atoms. The fourth-order valence-corrected chi connectivity index (χ4v) is 10.4. The van der Waals surface area contributed by atoms with E-state index in [0.717, 1.165) is 0 Å². The molecule has 0 fully saturated rings. The third-order valence-corrected chi connectivity index (χ3v) is 12.9. The monoisotopic (exact) mass is 638 g/mol. The normalized spacial score (nSPS) is 16.6. The maximum Gasteiger partial charge on any atom is 0.0352 e.